The lowest BCUT2D eigenvalue weighted by Gasteiger charge is -2.30. The van der Waals surface area contributed by atoms with Crippen molar-refractivity contribution in [3.63, 3.8) is 0 Å². The summed E-state index contributed by atoms with van der Waals surface area (Å²) in [5.74, 6) is -0.240. The van der Waals surface area contributed by atoms with Crippen molar-refractivity contribution in [2.75, 3.05) is 25.0 Å². The molecule has 7 rings (SSSR count). The van der Waals surface area contributed by atoms with E-state index < -0.39 is 23.8 Å². The van der Waals surface area contributed by atoms with Gasteiger partial charge in [0.15, 0.2) is 0 Å². The van der Waals surface area contributed by atoms with Gasteiger partial charge in [0.2, 0.25) is 17.8 Å². The number of hydrogen-bond donors (Lipinski definition) is 6. The van der Waals surface area contributed by atoms with Gasteiger partial charge in [-0.1, -0.05) is 30.3 Å². The van der Waals surface area contributed by atoms with Crippen molar-refractivity contribution >= 4 is 46.6 Å². The number of carbonyl (C=O) groups excluding carboxylic acids is 4. The predicted molar refractivity (Wildman–Crippen MR) is 234 cm³/mol. The van der Waals surface area contributed by atoms with Crippen LogP contribution in [0.4, 0.5) is 15.3 Å². The third-order valence-electron chi connectivity index (χ3n) is 11.5. The van der Waals surface area contributed by atoms with E-state index in [1.165, 1.54) is 4.90 Å². The van der Waals surface area contributed by atoms with Crippen LogP contribution in [0.5, 0.6) is 0 Å². The third kappa shape index (κ3) is 11.2. The number of nitrogens with one attached hydrogen (secondary N) is 5. The Morgan fingerprint density at radius 2 is 1.68 bits per heavy atom. The number of likely N-dealkylation sites (tertiary alicyclic amines) is 1. The second-order valence-corrected chi connectivity index (χ2v) is 17.3. The number of aromatic nitrogens is 4. The molecule has 2 aromatic heterocycles. The Balaban J connectivity index is 1.01. The van der Waals surface area contributed by atoms with Crippen LogP contribution in [0.25, 0.3) is 28.1 Å². The Kier molecular flexibility index (Phi) is 13.2. The Morgan fingerprint density at radius 3 is 2.34 bits per heavy atom. The lowest BCUT2D eigenvalue weighted by atomic mass is 9.81. The van der Waals surface area contributed by atoms with Crippen LogP contribution in [-0.4, -0.2) is 97.0 Å². The van der Waals surface area contributed by atoms with Crippen molar-refractivity contribution in [3.05, 3.63) is 95.8 Å². The fraction of sp³-hybridized carbons (Fsp3) is 0.413. The summed E-state index contributed by atoms with van der Waals surface area (Å²) in [6, 6.07) is 19.6. The molecule has 0 unspecified atom stereocenters. The van der Waals surface area contributed by atoms with Crippen molar-refractivity contribution in [3.8, 4) is 17.1 Å². The molecular formula is C46H55N9O7. The SMILES string of the molecule is Cc1cc(C(=O)NC2CCN(C(=O)O)CC2)ccc1-c1ccc(C[C@H](NC(=O)C2CCC(CNC(=O)OC(C)(C)C)CC2)C(=O)Nc2ccc3nc(-n4cccn4)[nH]c3c2)cc1. The first-order valence-electron chi connectivity index (χ1n) is 21.2. The topological polar surface area (TPSA) is 213 Å². The molecule has 0 radical (unpaired) electrons. The number of aromatic amines is 1. The highest BCUT2D eigenvalue weighted by Crippen LogP contribution is 2.30. The van der Waals surface area contributed by atoms with Gasteiger partial charge in [0.05, 0.1) is 11.0 Å². The molecule has 0 spiro atoms. The standard InChI is InChI=1S/C46H55N9O7/c1-28-24-33(41(57)49-34-18-22-54(23-19-34)45(60)61)14-16-36(28)31-10-6-29(7-11-31)25-39(51-40(56)32-12-8-30(9-13-32)27-47-44(59)62-46(2,3)4)42(58)50-35-15-17-37-38(26-35)53-43(52-37)55-21-5-20-48-55/h5-7,10-11,14-17,20-21,24,26,30,32,34,39H,8-9,12-13,18-19,22-23,25,27H2,1-4H3,(H,47,59)(H,49,57)(H,50,58)(H,51,56)(H,52,53)(H,60,61)/t30?,32?,39-/m0/s1. The Morgan fingerprint density at radius 1 is 0.935 bits per heavy atom. The molecule has 1 aliphatic carbocycles. The number of rotatable bonds is 12. The number of benzene rings is 3. The van der Waals surface area contributed by atoms with E-state index in [4.69, 9.17) is 4.74 Å². The maximum Gasteiger partial charge on any atom is 0.407 e. The van der Waals surface area contributed by atoms with Gasteiger partial charge in [-0.15, -0.1) is 0 Å². The molecule has 16 nitrogen and oxygen atoms in total. The number of imidazole rings is 1. The molecule has 2 fully saturated rings. The monoisotopic (exact) mass is 845 g/mol. The Hall–Kier alpha value is -6.71. The first kappa shape index (κ1) is 43.4. The maximum absolute atomic E-state index is 14.1. The molecule has 326 valence electrons. The molecule has 16 heteroatoms. The first-order valence-corrected chi connectivity index (χ1v) is 21.2. The quantitative estimate of drug-likeness (QED) is 0.0798. The summed E-state index contributed by atoms with van der Waals surface area (Å²) in [4.78, 5) is 73.6. The number of nitrogens with zero attached hydrogens (tertiary/aromatic N) is 4. The van der Waals surface area contributed by atoms with Crippen molar-refractivity contribution in [2.45, 2.75) is 90.3 Å². The van der Waals surface area contributed by atoms with Gasteiger partial charge in [0.1, 0.15) is 11.6 Å². The highest BCUT2D eigenvalue weighted by molar-refractivity contribution is 5.99. The number of aryl methyl sites for hydroxylation is 1. The summed E-state index contributed by atoms with van der Waals surface area (Å²) in [5, 5.41) is 25.5. The molecule has 5 aromatic rings. The number of carbonyl (C=O) groups is 5. The van der Waals surface area contributed by atoms with Crippen LogP contribution in [0.2, 0.25) is 0 Å². The van der Waals surface area contributed by atoms with Gasteiger partial charge >= 0.3 is 12.2 Å². The fourth-order valence-electron chi connectivity index (χ4n) is 8.14. The van der Waals surface area contributed by atoms with E-state index >= 15 is 0 Å². The second-order valence-electron chi connectivity index (χ2n) is 17.3. The molecule has 3 heterocycles. The summed E-state index contributed by atoms with van der Waals surface area (Å²) in [6.45, 7) is 8.67. The normalized spacial score (nSPS) is 17.5. The minimum absolute atomic E-state index is 0.0857. The van der Waals surface area contributed by atoms with E-state index in [2.05, 4.69) is 36.3 Å². The van der Waals surface area contributed by atoms with Gasteiger partial charge in [0.25, 0.3) is 5.91 Å². The van der Waals surface area contributed by atoms with E-state index in [9.17, 15) is 29.1 Å². The van der Waals surface area contributed by atoms with E-state index in [1.807, 2.05) is 70.2 Å². The number of ether oxygens (including phenoxy) is 1. The molecule has 1 saturated heterocycles. The second kappa shape index (κ2) is 18.9. The average molecular weight is 846 g/mol. The van der Waals surface area contributed by atoms with Crippen molar-refractivity contribution < 1.29 is 33.8 Å². The zero-order valence-electron chi connectivity index (χ0n) is 35.6. The molecule has 62 heavy (non-hydrogen) atoms. The molecule has 0 bridgehead atoms. The van der Waals surface area contributed by atoms with E-state index in [-0.39, 0.29) is 42.0 Å². The van der Waals surface area contributed by atoms with Crippen LogP contribution in [0.15, 0.2) is 79.1 Å². The molecule has 6 N–H and O–H groups in total. The Bertz CT molecular complexity index is 2390. The van der Waals surface area contributed by atoms with Crippen LogP contribution < -0.4 is 21.3 Å². The van der Waals surface area contributed by atoms with Gasteiger partial charge in [-0.2, -0.15) is 5.10 Å². The van der Waals surface area contributed by atoms with Gasteiger partial charge < -0.3 is 41.0 Å². The summed E-state index contributed by atoms with van der Waals surface area (Å²) in [5.41, 5.74) is 5.56. The van der Waals surface area contributed by atoms with Gasteiger partial charge in [-0.05, 0) is 131 Å². The zero-order chi connectivity index (χ0) is 44.0. The molecule has 2 aliphatic rings. The largest absolute Gasteiger partial charge is 0.465 e. The number of hydrogen-bond acceptors (Lipinski definition) is 8. The number of fused-ring (bicyclic) bond motifs is 1. The van der Waals surface area contributed by atoms with E-state index in [1.54, 1.807) is 41.3 Å². The number of H-pyrrole nitrogens is 1. The molecular weight excluding hydrogens is 791 g/mol. The summed E-state index contributed by atoms with van der Waals surface area (Å²) >= 11 is 0. The van der Waals surface area contributed by atoms with Crippen molar-refractivity contribution in [1.29, 1.82) is 0 Å². The summed E-state index contributed by atoms with van der Waals surface area (Å²) < 4.78 is 6.99. The van der Waals surface area contributed by atoms with Gasteiger partial charge in [0, 0.05) is 61.7 Å². The summed E-state index contributed by atoms with van der Waals surface area (Å²) in [6.07, 6.45) is 6.23. The average Bonchev–Trinajstić information content (AvgIpc) is 3.94. The van der Waals surface area contributed by atoms with Gasteiger partial charge in [-0.3, -0.25) is 14.4 Å². The van der Waals surface area contributed by atoms with Crippen LogP contribution in [0, 0.1) is 18.8 Å². The smallest absolute Gasteiger partial charge is 0.407 e. The van der Waals surface area contributed by atoms with E-state index in [0.29, 0.717) is 73.6 Å². The molecule has 1 aliphatic heterocycles. The van der Waals surface area contributed by atoms with Crippen molar-refractivity contribution in [2.24, 2.45) is 11.8 Å². The fourth-order valence-corrected chi connectivity index (χ4v) is 8.14. The lowest BCUT2D eigenvalue weighted by Crippen LogP contribution is -2.48. The van der Waals surface area contributed by atoms with Crippen LogP contribution in [0.1, 0.15) is 80.8 Å². The molecule has 1 atom stereocenters. The number of alkyl carbamates (subject to hydrolysis) is 1. The molecule has 3 aromatic carbocycles. The van der Waals surface area contributed by atoms with E-state index in [0.717, 1.165) is 35.1 Å². The number of carboxylic acid groups (broad SMARTS) is 1. The summed E-state index contributed by atoms with van der Waals surface area (Å²) in [7, 11) is 0. The highest BCUT2D eigenvalue weighted by Gasteiger charge is 2.31. The minimum atomic E-state index is -0.940. The van der Waals surface area contributed by atoms with Crippen molar-refractivity contribution in [1.82, 2.24) is 40.6 Å². The zero-order valence-corrected chi connectivity index (χ0v) is 35.6. The van der Waals surface area contributed by atoms with Gasteiger partial charge in [-0.25, -0.2) is 19.3 Å². The predicted octanol–water partition coefficient (Wildman–Crippen LogP) is 6.59. The highest BCUT2D eigenvalue weighted by atomic mass is 16.6. The lowest BCUT2D eigenvalue weighted by molar-refractivity contribution is -0.130. The first-order chi connectivity index (χ1) is 29.7. The van der Waals surface area contributed by atoms with Crippen LogP contribution in [0.3, 0.4) is 0 Å². The maximum atomic E-state index is 14.1. The minimum Gasteiger partial charge on any atom is -0.465 e. The van der Waals surface area contributed by atoms with Crippen LogP contribution in [-0.2, 0) is 20.7 Å². The molecule has 1 saturated carbocycles. The van der Waals surface area contributed by atoms with Crippen LogP contribution >= 0.6 is 0 Å². The number of amides is 5. The number of piperidine rings is 1. The number of anilines is 1. The Labute approximate surface area is 360 Å². The third-order valence-corrected chi connectivity index (χ3v) is 11.5. The molecule has 5 amide bonds.